The minimum absolute atomic E-state index is 0.0782. The lowest BCUT2D eigenvalue weighted by atomic mass is 10.1. The van der Waals surface area contributed by atoms with Crippen molar-refractivity contribution in [3.8, 4) is 0 Å². The number of anilines is 2. The van der Waals surface area contributed by atoms with E-state index in [1.165, 1.54) is 30.2 Å². The van der Waals surface area contributed by atoms with Crippen molar-refractivity contribution in [2.45, 2.75) is 17.7 Å². The Bertz CT molecular complexity index is 853. The molecule has 8 nitrogen and oxygen atoms in total. The molecule has 0 bridgehead atoms. The molecule has 2 amide bonds. The second-order valence-corrected chi connectivity index (χ2v) is 8.17. The maximum atomic E-state index is 12.5. The van der Waals surface area contributed by atoms with Crippen LogP contribution in [0.2, 0.25) is 0 Å². The number of thioether (sulfide) groups is 1. The standard InChI is InChI=1S/C17H18N4O4S2/c1-10-3-5-12(6-4-10)21-8-11(7-13(21)22)15(24)18-16-19-20-17(27-16)26-9-14(23)25-2/h3-6,11H,7-9H2,1-2H3,(H,18,19,24)/t11-/m0/s1. The highest BCUT2D eigenvalue weighted by Gasteiger charge is 2.35. The van der Waals surface area contributed by atoms with Crippen molar-refractivity contribution in [2.24, 2.45) is 5.92 Å². The van der Waals surface area contributed by atoms with Crippen LogP contribution in [-0.2, 0) is 19.1 Å². The van der Waals surface area contributed by atoms with Gasteiger partial charge in [0.25, 0.3) is 0 Å². The van der Waals surface area contributed by atoms with E-state index in [0.29, 0.717) is 16.0 Å². The summed E-state index contributed by atoms with van der Waals surface area (Å²) in [5.41, 5.74) is 1.90. The average molecular weight is 406 g/mol. The summed E-state index contributed by atoms with van der Waals surface area (Å²) in [7, 11) is 1.32. The summed E-state index contributed by atoms with van der Waals surface area (Å²) in [4.78, 5) is 37.5. The van der Waals surface area contributed by atoms with Gasteiger partial charge in [-0.3, -0.25) is 14.4 Å². The van der Waals surface area contributed by atoms with Crippen LogP contribution in [0, 0.1) is 12.8 Å². The van der Waals surface area contributed by atoms with Gasteiger partial charge in [0.1, 0.15) is 0 Å². The zero-order valence-electron chi connectivity index (χ0n) is 14.8. The molecular weight excluding hydrogens is 388 g/mol. The molecule has 1 aliphatic rings. The van der Waals surface area contributed by atoms with Crippen molar-refractivity contribution in [2.75, 3.05) is 29.6 Å². The SMILES string of the molecule is COC(=O)CSc1nnc(NC(=O)[C@H]2CC(=O)N(c3ccc(C)cc3)C2)s1. The highest BCUT2D eigenvalue weighted by atomic mass is 32.2. The normalized spacial score (nSPS) is 16.4. The monoisotopic (exact) mass is 406 g/mol. The Labute approximate surface area is 164 Å². The first-order chi connectivity index (χ1) is 13.0. The van der Waals surface area contributed by atoms with E-state index < -0.39 is 5.92 Å². The minimum atomic E-state index is -0.450. The molecule has 1 saturated heterocycles. The zero-order valence-corrected chi connectivity index (χ0v) is 16.4. The highest BCUT2D eigenvalue weighted by Crippen LogP contribution is 2.28. The van der Waals surface area contributed by atoms with Crippen molar-refractivity contribution in [3.63, 3.8) is 0 Å². The third-order valence-corrected chi connectivity index (χ3v) is 5.96. The Morgan fingerprint density at radius 3 is 2.78 bits per heavy atom. The Morgan fingerprint density at radius 2 is 2.07 bits per heavy atom. The molecule has 0 unspecified atom stereocenters. The summed E-state index contributed by atoms with van der Waals surface area (Å²) in [5, 5.41) is 10.9. The topological polar surface area (TPSA) is 101 Å². The first kappa shape index (κ1) is 19.3. The summed E-state index contributed by atoms with van der Waals surface area (Å²) in [6.45, 7) is 2.31. The second kappa shape index (κ2) is 8.49. The van der Waals surface area contributed by atoms with E-state index >= 15 is 0 Å². The molecule has 1 aromatic heterocycles. The van der Waals surface area contributed by atoms with E-state index in [-0.39, 0.29) is 30.0 Å². The van der Waals surface area contributed by atoms with Crippen LogP contribution in [0.5, 0.6) is 0 Å². The molecule has 0 spiro atoms. The van der Waals surface area contributed by atoms with Crippen LogP contribution in [0.15, 0.2) is 28.6 Å². The molecule has 1 fully saturated rings. The van der Waals surface area contributed by atoms with Gasteiger partial charge in [-0.1, -0.05) is 40.8 Å². The number of aryl methyl sites for hydroxylation is 1. The lowest BCUT2D eigenvalue weighted by Crippen LogP contribution is -2.28. The van der Waals surface area contributed by atoms with Gasteiger partial charge in [0.2, 0.25) is 16.9 Å². The fourth-order valence-corrected chi connectivity index (χ4v) is 4.15. The molecule has 0 saturated carbocycles. The number of hydrogen-bond donors (Lipinski definition) is 1. The van der Waals surface area contributed by atoms with Gasteiger partial charge < -0.3 is 15.0 Å². The summed E-state index contributed by atoms with van der Waals surface area (Å²) < 4.78 is 5.12. The first-order valence-corrected chi connectivity index (χ1v) is 9.97. The van der Waals surface area contributed by atoms with Crippen LogP contribution in [0.3, 0.4) is 0 Å². The highest BCUT2D eigenvalue weighted by molar-refractivity contribution is 8.01. The molecule has 1 aromatic carbocycles. The number of rotatable bonds is 6. The number of benzene rings is 1. The zero-order chi connectivity index (χ0) is 19.4. The third-order valence-electron chi connectivity index (χ3n) is 4.02. The average Bonchev–Trinajstić information content (AvgIpc) is 3.27. The number of nitrogens with zero attached hydrogens (tertiary/aromatic N) is 3. The van der Waals surface area contributed by atoms with E-state index in [1.807, 2.05) is 31.2 Å². The molecule has 1 atom stereocenters. The molecule has 1 aliphatic heterocycles. The molecule has 2 heterocycles. The second-order valence-electron chi connectivity index (χ2n) is 5.97. The lowest BCUT2D eigenvalue weighted by Gasteiger charge is -2.16. The fraction of sp³-hybridized carbons (Fsp3) is 0.353. The largest absolute Gasteiger partial charge is 0.468 e. The van der Waals surface area contributed by atoms with Crippen molar-refractivity contribution in [3.05, 3.63) is 29.8 Å². The molecule has 0 radical (unpaired) electrons. The van der Waals surface area contributed by atoms with Gasteiger partial charge in [-0.05, 0) is 19.1 Å². The van der Waals surface area contributed by atoms with Crippen LogP contribution >= 0.6 is 23.1 Å². The van der Waals surface area contributed by atoms with Crippen LogP contribution in [-0.4, -0.2) is 47.4 Å². The van der Waals surface area contributed by atoms with Crippen molar-refractivity contribution >= 4 is 51.7 Å². The van der Waals surface area contributed by atoms with Gasteiger partial charge >= 0.3 is 5.97 Å². The van der Waals surface area contributed by atoms with Gasteiger partial charge in [-0.25, -0.2) is 0 Å². The number of aromatic nitrogens is 2. The van der Waals surface area contributed by atoms with E-state index in [4.69, 9.17) is 0 Å². The van der Waals surface area contributed by atoms with Crippen molar-refractivity contribution < 1.29 is 19.1 Å². The van der Waals surface area contributed by atoms with Gasteiger partial charge in [0, 0.05) is 18.7 Å². The van der Waals surface area contributed by atoms with Gasteiger partial charge in [-0.15, -0.1) is 10.2 Å². The molecule has 10 heteroatoms. The van der Waals surface area contributed by atoms with Crippen molar-refractivity contribution in [1.82, 2.24) is 10.2 Å². The van der Waals surface area contributed by atoms with Crippen LogP contribution in [0.25, 0.3) is 0 Å². The van der Waals surface area contributed by atoms with Crippen LogP contribution < -0.4 is 10.2 Å². The molecule has 3 rings (SSSR count). The quantitative estimate of drug-likeness (QED) is 0.445. The Morgan fingerprint density at radius 1 is 1.33 bits per heavy atom. The number of esters is 1. The number of carbonyl (C=O) groups excluding carboxylic acids is 3. The molecule has 27 heavy (non-hydrogen) atoms. The Balaban J connectivity index is 1.57. The van der Waals surface area contributed by atoms with E-state index in [0.717, 1.165) is 11.3 Å². The summed E-state index contributed by atoms with van der Waals surface area (Å²) in [6, 6.07) is 7.63. The lowest BCUT2D eigenvalue weighted by molar-refractivity contribution is -0.137. The van der Waals surface area contributed by atoms with Gasteiger partial charge in [-0.2, -0.15) is 0 Å². The molecule has 2 aromatic rings. The number of amides is 2. The van der Waals surface area contributed by atoms with Crippen LogP contribution in [0.1, 0.15) is 12.0 Å². The smallest absolute Gasteiger partial charge is 0.316 e. The molecular formula is C17H18N4O4S2. The third kappa shape index (κ3) is 4.83. The summed E-state index contributed by atoms with van der Waals surface area (Å²) >= 11 is 2.36. The number of carbonyl (C=O) groups is 3. The molecule has 1 N–H and O–H groups in total. The van der Waals surface area contributed by atoms with E-state index in [9.17, 15) is 14.4 Å². The number of hydrogen-bond acceptors (Lipinski definition) is 8. The minimum Gasteiger partial charge on any atom is -0.468 e. The Kier molecular flexibility index (Phi) is 6.07. The summed E-state index contributed by atoms with van der Waals surface area (Å²) in [5.74, 6) is -1.03. The molecule has 0 aliphatic carbocycles. The fourth-order valence-electron chi connectivity index (χ4n) is 2.56. The predicted octanol–water partition coefficient (Wildman–Crippen LogP) is 2.10. The van der Waals surface area contributed by atoms with Gasteiger partial charge in [0.05, 0.1) is 18.8 Å². The van der Waals surface area contributed by atoms with E-state index in [1.54, 1.807) is 4.90 Å². The Hall–Kier alpha value is -2.46. The van der Waals surface area contributed by atoms with Crippen LogP contribution in [0.4, 0.5) is 10.8 Å². The molecule has 142 valence electrons. The van der Waals surface area contributed by atoms with Gasteiger partial charge in [0.15, 0.2) is 4.34 Å². The first-order valence-electron chi connectivity index (χ1n) is 8.17. The summed E-state index contributed by atoms with van der Waals surface area (Å²) in [6.07, 6.45) is 0.155. The number of nitrogens with one attached hydrogen (secondary N) is 1. The maximum absolute atomic E-state index is 12.5. The predicted molar refractivity (Wildman–Crippen MR) is 103 cm³/mol. The number of methoxy groups -OCH3 is 1. The maximum Gasteiger partial charge on any atom is 0.316 e. The van der Waals surface area contributed by atoms with E-state index in [2.05, 4.69) is 20.3 Å². The number of ether oxygens (including phenoxy) is 1. The van der Waals surface area contributed by atoms with Crippen molar-refractivity contribution in [1.29, 1.82) is 0 Å².